The van der Waals surface area contributed by atoms with Gasteiger partial charge < -0.3 is 15.1 Å². The number of nitrogens with zero attached hydrogens (tertiary/aromatic N) is 4. The Bertz CT molecular complexity index is 722. The molecule has 0 atom stereocenters. The monoisotopic (exact) mass is 351 g/mol. The summed E-state index contributed by atoms with van der Waals surface area (Å²) in [6, 6.07) is 6.73. The van der Waals surface area contributed by atoms with Crippen LogP contribution in [-0.4, -0.2) is 48.1 Å². The van der Waals surface area contributed by atoms with E-state index in [-0.39, 0.29) is 0 Å². The molecular weight excluding hydrogens is 331 g/mol. The molecule has 1 N–H and O–H groups in total. The molecule has 0 bridgehead atoms. The topological polar surface area (TPSA) is 44.3 Å². The van der Waals surface area contributed by atoms with E-state index in [0.29, 0.717) is 17.3 Å². The molecular formula is C17H20F3N5. The van der Waals surface area contributed by atoms with Gasteiger partial charge in [0.15, 0.2) is 0 Å². The van der Waals surface area contributed by atoms with Crippen LogP contribution in [0.4, 0.5) is 30.5 Å². The second kappa shape index (κ2) is 6.87. The van der Waals surface area contributed by atoms with Crippen molar-refractivity contribution in [2.75, 3.05) is 43.4 Å². The van der Waals surface area contributed by atoms with Gasteiger partial charge in [0, 0.05) is 37.9 Å². The minimum atomic E-state index is -4.33. The molecule has 0 amide bonds. The first-order chi connectivity index (χ1) is 11.8. The molecule has 0 radical (unpaired) electrons. The number of aromatic nitrogens is 2. The van der Waals surface area contributed by atoms with Crippen LogP contribution in [0.15, 0.2) is 30.3 Å². The van der Waals surface area contributed by atoms with E-state index < -0.39 is 11.7 Å². The highest BCUT2D eigenvalue weighted by Crippen LogP contribution is 2.30. The molecule has 0 aliphatic carbocycles. The van der Waals surface area contributed by atoms with E-state index in [4.69, 9.17) is 0 Å². The predicted octanol–water partition coefficient (Wildman–Crippen LogP) is 3.30. The number of rotatable bonds is 3. The third kappa shape index (κ3) is 4.39. The SMILES string of the molecule is Cc1nc(Nc2ccc(C(F)(F)F)cc2)cc(N2CCN(C)CC2)n1. The quantitative estimate of drug-likeness (QED) is 0.919. The molecule has 1 aromatic carbocycles. The van der Waals surface area contributed by atoms with Crippen LogP contribution >= 0.6 is 0 Å². The summed E-state index contributed by atoms with van der Waals surface area (Å²) in [5.74, 6) is 2.02. The third-order valence-electron chi connectivity index (χ3n) is 4.14. The van der Waals surface area contributed by atoms with Crippen LogP contribution in [-0.2, 0) is 6.18 Å². The van der Waals surface area contributed by atoms with E-state index in [0.717, 1.165) is 44.1 Å². The molecule has 0 spiro atoms. The summed E-state index contributed by atoms with van der Waals surface area (Å²) in [4.78, 5) is 13.2. The Labute approximate surface area is 144 Å². The molecule has 1 aromatic heterocycles. The lowest BCUT2D eigenvalue weighted by Gasteiger charge is -2.33. The van der Waals surface area contributed by atoms with Crippen molar-refractivity contribution in [3.8, 4) is 0 Å². The van der Waals surface area contributed by atoms with Gasteiger partial charge in [-0.3, -0.25) is 0 Å². The maximum atomic E-state index is 12.6. The van der Waals surface area contributed by atoms with E-state index in [1.165, 1.54) is 12.1 Å². The summed E-state index contributed by atoms with van der Waals surface area (Å²) in [6.45, 7) is 5.49. The molecule has 1 fully saturated rings. The summed E-state index contributed by atoms with van der Waals surface area (Å²) < 4.78 is 37.9. The van der Waals surface area contributed by atoms with Gasteiger partial charge in [0.05, 0.1) is 5.56 Å². The number of halogens is 3. The predicted molar refractivity (Wildman–Crippen MR) is 91.2 cm³/mol. The van der Waals surface area contributed by atoms with Crippen LogP contribution in [0.1, 0.15) is 11.4 Å². The summed E-state index contributed by atoms with van der Waals surface area (Å²) >= 11 is 0. The molecule has 25 heavy (non-hydrogen) atoms. The molecule has 1 aliphatic heterocycles. The first-order valence-electron chi connectivity index (χ1n) is 8.05. The first kappa shape index (κ1) is 17.5. The number of nitrogens with one attached hydrogen (secondary N) is 1. The number of alkyl halides is 3. The summed E-state index contributed by atoms with van der Waals surface area (Å²) in [5, 5.41) is 3.06. The molecule has 0 unspecified atom stereocenters. The first-order valence-corrected chi connectivity index (χ1v) is 8.05. The molecule has 0 saturated carbocycles. The fraction of sp³-hybridized carbons (Fsp3) is 0.412. The van der Waals surface area contributed by atoms with Crippen molar-refractivity contribution >= 4 is 17.3 Å². The Hall–Kier alpha value is -2.35. The molecule has 3 rings (SSSR count). The number of benzene rings is 1. The van der Waals surface area contributed by atoms with Crippen molar-refractivity contribution in [3.63, 3.8) is 0 Å². The van der Waals surface area contributed by atoms with Crippen LogP contribution in [0.5, 0.6) is 0 Å². The molecule has 2 aromatic rings. The number of hydrogen-bond donors (Lipinski definition) is 1. The van der Waals surface area contributed by atoms with Crippen LogP contribution < -0.4 is 10.2 Å². The summed E-state index contributed by atoms with van der Waals surface area (Å²) in [5.41, 5.74) is -0.120. The largest absolute Gasteiger partial charge is 0.416 e. The van der Waals surface area contributed by atoms with Gasteiger partial charge in [-0.2, -0.15) is 13.2 Å². The van der Waals surface area contributed by atoms with Gasteiger partial charge in [-0.05, 0) is 38.2 Å². The fourth-order valence-electron chi connectivity index (χ4n) is 2.70. The van der Waals surface area contributed by atoms with Gasteiger partial charge >= 0.3 is 6.18 Å². The van der Waals surface area contributed by atoms with Crippen molar-refractivity contribution in [1.29, 1.82) is 0 Å². The molecule has 2 heterocycles. The molecule has 1 saturated heterocycles. The lowest BCUT2D eigenvalue weighted by Crippen LogP contribution is -2.44. The number of likely N-dealkylation sites (N-methyl/N-ethyl adjacent to an activating group) is 1. The Morgan fingerprint density at radius 1 is 1.00 bits per heavy atom. The van der Waals surface area contributed by atoms with Gasteiger partial charge in [0.1, 0.15) is 17.5 Å². The van der Waals surface area contributed by atoms with Gasteiger partial charge in [-0.25, -0.2) is 9.97 Å². The Morgan fingerprint density at radius 2 is 1.64 bits per heavy atom. The average molecular weight is 351 g/mol. The zero-order chi connectivity index (χ0) is 18.0. The van der Waals surface area contributed by atoms with Crippen molar-refractivity contribution in [2.24, 2.45) is 0 Å². The number of hydrogen-bond acceptors (Lipinski definition) is 5. The van der Waals surface area contributed by atoms with E-state index in [1.54, 1.807) is 6.92 Å². The zero-order valence-corrected chi connectivity index (χ0v) is 14.1. The van der Waals surface area contributed by atoms with Crippen molar-refractivity contribution < 1.29 is 13.2 Å². The highest BCUT2D eigenvalue weighted by Gasteiger charge is 2.29. The standard InChI is InChI=1S/C17H20F3N5/c1-12-21-15(11-16(22-12)25-9-7-24(2)8-10-25)23-14-5-3-13(4-6-14)17(18,19)20/h3-6,11H,7-10H2,1-2H3,(H,21,22,23). The molecule has 134 valence electrons. The second-order valence-corrected chi connectivity index (χ2v) is 6.15. The van der Waals surface area contributed by atoms with Crippen LogP contribution in [0.25, 0.3) is 0 Å². The third-order valence-corrected chi connectivity index (χ3v) is 4.14. The van der Waals surface area contributed by atoms with Gasteiger partial charge in [0.25, 0.3) is 0 Å². The van der Waals surface area contributed by atoms with Gasteiger partial charge in [-0.15, -0.1) is 0 Å². The van der Waals surface area contributed by atoms with Crippen LogP contribution in [0, 0.1) is 6.92 Å². The van der Waals surface area contributed by atoms with E-state index >= 15 is 0 Å². The highest BCUT2D eigenvalue weighted by atomic mass is 19.4. The van der Waals surface area contributed by atoms with Crippen molar-refractivity contribution in [2.45, 2.75) is 13.1 Å². The Balaban J connectivity index is 1.76. The van der Waals surface area contributed by atoms with Crippen LogP contribution in [0.3, 0.4) is 0 Å². The fourth-order valence-corrected chi connectivity index (χ4v) is 2.70. The molecule has 5 nitrogen and oxygen atoms in total. The van der Waals surface area contributed by atoms with E-state index in [2.05, 4.69) is 32.1 Å². The maximum Gasteiger partial charge on any atom is 0.416 e. The maximum absolute atomic E-state index is 12.6. The van der Waals surface area contributed by atoms with Crippen molar-refractivity contribution in [1.82, 2.24) is 14.9 Å². The summed E-state index contributed by atoms with van der Waals surface area (Å²) in [7, 11) is 2.08. The van der Waals surface area contributed by atoms with Crippen LogP contribution in [0.2, 0.25) is 0 Å². The van der Waals surface area contributed by atoms with Gasteiger partial charge in [0.2, 0.25) is 0 Å². The second-order valence-electron chi connectivity index (χ2n) is 6.15. The molecule has 1 aliphatic rings. The lowest BCUT2D eigenvalue weighted by molar-refractivity contribution is -0.137. The highest BCUT2D eigenvalue weighted by molar-refractivity contribution is 5.60. The van der Waals surface area contributed by atoms with Gasteiger partial charge in [-0.1, -0.05) is 0 Å². The minimum Gasteiger partial charge on any atom is -0.354 e. The Kier molecular flexibility index (Phi) is 4.80. The smallest absolute Gasteiger partial charge is 0.354 e. The zero-order valence-electron chi connectivity index (χ0n) is 14.1. The normalized spacial score (nSPS) is 16.1. The molecule has 8 heteroatoms. The lowest BCUT2D eigenvalue weighted by atomic mass is 10.2. The number of anilines is 3. The number of piperazine rings is 1. The number of aryl methyl sites for hydroxylation is 1. The summed E-state index contributed by atoms with van der Waals surface area (Å²) in [6.07, 6.45) is -4.33. The Morgan fingerprint density at radius 3 is 2.24 bits per heavy atom. The van der Waals surface area contributed by atoms with E-state index in [9.17, 15) is 13.2 Å². The average Bonchev–Trinajstić information content (AvgIpc) is 2.54. The van der Waals surface area contributed by atoms with Crippen molar-refractivity contribution in [3.05, 3.63) is 41.7 Å². The minimum absolute atomic E-state index is 0.551. The van der Waals surface area contributed by atoms with E-state index in [1.807, 2.05) is 6.07 Å².